The van der Waals surface area contributed by atoms with Gasteiger partial charge in [-0.15, -0.1) is 0 Å². The number of alkyl halides is 3. The van der Waals surface area contributed by atoms with Crippen molar-refractivity contribution < 1.29 is 32.6 Å². The van der Waals surface area contributed by atoms with E-state index in [0.717, 1.165) is 12.3 Å². The summed E-state index contributed by atoms with van der Waals surface area (Å²) in [5, 5.41) is 10.9. The first-order valence-electron chi connectivity index (χ1n) is 5.93. The summed E-state index contributed by atoms with van der Waals surface area (Å²) in [5.41, 5.74) is 0.143. The highest BCUT2D eigenvalue weighted by Gasteiger charge is 2.28. The maximum absolute atomic E-state index is 11.9. The Balaban J connectivity index is 2.42. The molecule has 1 heterocycles. The largest absolute Gasteiger partial charge is 0.481 e. The van der Waals surface area contributed by atoms with Gasteiger partial charge in [0.15, 0.2) is 6.61 Å². The second-order valence-electron chi connectivity index (χ2n) is 4.04. The van der Waals surface area contributed by atoms with E-state index in [1.165, 1.54) is 6.07 Å². The van der Waals surface area contributed by atoms with E-state index in [0.29, 0.717) is 0 Å². The van der Waals surface area contributed by atoms with Crippen molar-refractivity contribution in [3.05, 3.63) is 23.9 Å². The SMILES string of the molecule is O=C(O)CCCNC(=O)c1ccc(OCC(F)(F)F)nc1. The molecule has 2 N–H and O–H groups in total. The van der Waals surface area contributed by atoms with E-state index in [1.807, 2.05) is 0 Å². The molecular formula is C12H13F3N2O4. The van der Waals surface area contributed by atoms with E-state index >= 15 is 0 Å². The molecule has 1 amide bonds. The van der Waals surface area contributed by atoms with Gasteiger partial charge in [-0.3, -0.25) is 9.59 Å². The Kier molecular flexibility index (Phi) is 5.94. The third-order valence-corrected chi connectivity index (χ3v) is 2.24. The van der Waals surface area contributed by atoms with Crippen LogP contribution in [0.5, 0.6) is 5.88 Å². The van der Waals surface area contributed by atoms with Gasteiger partial charge in [0.2, 0.25) is 5.88 Å². The van der Waals surface area contributed by atoms with E-state index < -0.39 is 24.7 Å². The lowest BCUT2D eigenvalue weighted by molar-refractivity contribution is -0.154. The summed E-state index contributed by atoms with van der Waals surface area (Å²) in [6.07, 6.45) is -3.16. The molecule has 0 fully saturated rings. The van der Waals surface area contributed by atoms with Crippen LogP contribution in [-0.2, 0) is 4.79 Å². The first kappa shape index (κ1) is 16.7. The summed E-state index contributed by atoms with van der Waals surface area (Å²) in [7, 11) is 0. The number of pyridine rings is 1. The molecule has 0 radical (unpaired) electrons. The van der Waals surface area contributed by atoms with Crippen LogP contribution in [0.1, 0.15) is 23.2 Å². The second kappa shape index (κ2) is 7.46. The van der Waals surface area contributed by atoms with Gasteiger partial charge in [-0.25, -0.2) is 4.98 Å². The molecule has 0 aliphatic heterocycles. The molecule has 21 heavy (non-hydrogen) atoms. The molecule has 0 atom stereocenters. The van der Waals surface area contributed by atoms with Crippen molar-refractivity contribution in [2.24, 2.45) is 0 Å². The van der Waals surface area contributed by atoms with Gasteiger partial charge in [0, 0.05) is 25.2 Å². The summed E-state index contributed by atoms with van der Waals surface area (Å²) in [6.45, 7) is -1.28. The van der Waals surface area contributed by atoms with Crippen LogP contribution in [0.2, 0.25) is 0 Å². The number of ether oxygens (including phenoxy) is 1. The van der Waals surface area contributed by atoms with Crippen LogP contribution in [0, 0.1) is 0 Å². The predicted molar refractivity (Wildman–Crippen MR) is 65.0 cm³/mol. The average molecular weight is 306 g/mol. The molecule has 0 aromatic carbocycles. The Morgan fingerprint density at radius 2 is 2.05 bits per heavy atom. The number of nitrogens with zero attached hydrogens (tertiary/aromatic N) is 1. The molecule has 6 nitrogen and oxygen atoms in total. The van der Waals surface area contributed by atoms with E-state index in [9.17, 15) is 22.8 Å². The lowest BCUT2D eigenvalue weighted by atomic mass is 10.2. The summed E-state index contributed by atoms with van der Waals surface area (Å²) in [6, 6.07) is 2.42. The predicted octanol–water partition coefficient (Wildman–Crippen LogP) is 1.62. The minimum absolute atomic E-state index is 0.0667. The number of nitrogens with one attached hydrogen (secondary N) is 1. The fourth-order valence-corrected chi connectivity index (χ4v) is 1.30. The van der Waals surface area contributed by atoms with E-state index in [2.05, 4.69) is 15.0 Å². The molecule has 0 aliphatic rings. The lowest BCUT2D eigenvalue weighted by Crippen LogP contribution is -2.25. The molecule has 1 aromatic rings. The molecule has 1 aromatic heterocycles. The quantitative estimate of drug-likeness (QED) is 0.747. The zero-order valence-corrected chi connectivity index (χ0v) is 10.8. The van der Waals surface area contributed by atoms with Crippen LogP contribution in [0.25, 0.3) is 0 Å². The molecule has 0 spiro atoms. The van der Waals surface area contributed by atoms with Gasteiger partial charge in [-0.2, -0.15) is 13.2 Å². The van der Waals surface area contributed by atoms with Gasteiger partial charge in [0.1, 0.15) is 0 Å². The number of carboxylic acids is 1. The van der Waals surface area contributed by atoms with Crippen molar-refractivity contribution in [1.82, 2.24) is 10.3 Å². The molecule has 0 saturated heterocycles. The first-order chi connectivity index (χ1) is 9.78. The zero-order chi connectivity index (χ0) is 15.9. The van der Waals surface area contributed by atoms with Crippen LogP contribution in [0.3, 0.4) is 0 Å². The zero-order valence-electron chi connectivity index (χ0n) is 10.8. The number of carboxylic acid groups (broad SMARTS) is 1. The van der Waals surface area contributed by atoms with Gasteiger partial charge in [0.05, 0.1) is 5.56 Å². The highest BCUT2D eigenvalue weighted by atomic mass is 19.4. The molecule has 116 valence electrons. The average Bonchev–Trinajstić information content (AvgIpc) is 2.40. The van der Waals surface area contributed by atoms with Crippen molar-refractivity contribution in [2.75, 3.05) is 13.2 Å². The van der Waals surface area contributed by atoms with Crippen molar-refractivity contribution in [3.8, 4) is 5.88 Å². The Labute approximate surface area is 117 Å². The smallest absolute Gasteiger partial charge is 0.422 e. The Morgan fingerprint density at radius 3 is 2.57 bits per heavy atom. The number of aromatic nitrogens is 1. The van der Waals surface area contributed by atoms with Crippen LogP contribution < -0.4 is 10.1 Å². The van der Waals surface area contributed by atoms with Gasteiger partial charge in [-0.1, -0.05) is 0 Å². The van der Waals surface area contributed by atoms with Crippen molar-refractivity contribution in [1.29, 1.82) is 0 Å². The number of aliphatic carboxylic acids is 1. The van der Waals surface area contributed by atoms with E-state index in [1.54, 1.807) is 0 Å². The van der Waals surface area contributed by atoms with Crippen LogP contribution in [-0.4, -0.2) is 41.3 Å². The number of hydrogen-bond donors (Lipinski definition) is 2. The normalized spacial score (nSPS) is 11.0. The van der Waals surface area contributed by atoms with Crippen LogP contribution in [0.4, 0.5) is 13.2 Å². The highest BCUT2D eigenvalue weighted by Crippen LogP contribution is 2.16. The topological polar surface area (TPSA) is 88.5 Å². The minimum Gasteiger partial charge on any atom is -0.481 e. The standard InChI is InChI=1S/C12H13F3N2O4/c13-12(14,15)7-21-9-4-3-8(6-17-9)11(20)16-5-1-2-10(18)19/h3-4,6H,1-2,5,7H2,(H,16,20)(H,18,19). The molecule has 1 rings (SSSR count). The van der Waals surface area contributed by atoms with Crippen molar-refractivity contribution >= 4 is 11.9 Å². The summed E-state index contributed by atoms with van der Waals surface area (Å²) < 4.78 is 40.2. The molecule has 0 aliphatic carbocycles. The highest BCUT2D eigenvalue weighted by molar-refractivity contribution is 5.93. The monoisotopic (exact) mass is 306 g/mol. The number of amides is 1. The van der Waals surface area contributed by atoms with Crippen LogP contribution in [0.15, 0.2) is 18.3 Å². The number of rotatable bonds is 7. The maximum atomic E-state index is 11.9. The Morgan fingerprint density at radius 1 is 1.33 bits per heavy atom. The fourth-order valence-electron chi connectivity index (χ4n) is 1.30. The molecule has 9 heteroatoms. The van der Waals surface area contributed by atoms with Gasteiger partial charge in [0.25, 0.3) is 5.91 Å². The van der Waals surface area contributed by atoms with Crippen molar-refractivity contribution in [3.63, 3.8) is 0 Å². The number of halogens is 3. The number of hydrogen-bond acceptors (Lipinski definition) is 4. The minimum atomic E-state index is -4.46. The van der Waals surface area contributed by atoms with Crippen LogP contribution >= 0.6 is 0 Å². The van der Waals surface area contributed by atoms with Gasteiger partial charge >= 0.3 is 12.1 Å². The molecule has 0 unspecified atom stereocenters. The number of carbonyl (C=O) groups is 2. The summed E-state index contributed by atoms with van der Waals surface area (Å²) in [5.74, 6) is -1.69. The third kappa shape index (κ3) is 7.14. The Bertz CT molecular complexity index is 488. The summed E-state index contributed by atoms with van der Waals surface area (Å²) >= 11 is 0. The molecule has 0 saturated carbocycles. The maximum Gasteiger partial charge on any atom is 0.422 e. The molecular weight excluding hydrogens is 293 g/mol. The van der Waals surface area contributed by atoms with Gasteiger partial charge in [-0.05, 0) is 12.5 Å². The third-order valence-electron chi connectivity index (χ3n) is 2.24. The molecule has 0 bridgehead atoms. The fraction of sp³-hybridized carbons (Fsp3) is 0.417. The number of carbonyl (C=O) groups excluding carboxylic acids is 1. The van der Waals surface area contributed by atoms with E-state index in [-0.39, 0.29) is 30.8 Å². The second-order valence-corrected chi connectivity index (χ2v) is 4.04. The first-order valence-corrected chi connectivity index (χ1v) is 5.93. The lowest BCUT2D eigenvalue weighted by Gasteiger charge is -2.08. The van der Waals surface area contributed by atoms with Gasteiger partial charge < -0.3 is 15.2 Å². The Hall–Kier alpha value is -2.32. The summed E-state index contributed by atoms with van der Waals surface area (Å²) in [4.78, 5) is 25.4. The van der Waals surface area contributed by atoms with Crippen molar-refractivity contribution in [2.45, 2.75) is 19.0 Å². The van der Waals surface area contributed by atoms with E-state index in [4.69, 9.17) is 5.11 Å².